The molecule has 0 saturated carbocycles. The molecular formula is C28H32BrN3O6S. The van der Waals surface area contributed by atoms with Gasteiger partial charge in [-0.25, -0.2) is 8.42 Å². The van der Waals surface area contributed by atoms with Crippen LogP contribution in [0.3, 0.4) is 0 Å². The Morgan fingerprint density at radius 2 is 1.64 bits per heavy atom. The first-order valence-corrected chi connectivity index (χ1v) is 14.5. The van der Waals surface area contributed by atoms with Crippen LogP contribution in [-0.4, -0.2) is 58.5 Å². The van der Waals surface area contributed by atoms with Gasteiger partial charge in [-0.15, -0.1) is 0 Å². The van der Waals surface area contributed by atoms with E-state index >= 15 is 0 Å². The van der Waals surface area contributed by atoms with E-state index in [1.54, 1.807) is 44.2 Å². The summed E-state index contributed by atoms with van der Waals surface area (Å²) in [5, 5.41) is 2.74. The smallest absolute Gasteiger partial charge is 0.264 e. The van der Waals surface area contributed by atoms with E-state index in [4.69, 9.17) is 9.47 Å². The lowest BCUT2D eigenvalue weighted by molar-refractivity contribution is -0.139. The van der Waals surface area contributed by atoms with E-state index in [0.717, 1.165) is 14.3 Å². The summed E-state index contributed by atoms with van der Waals surface area (Å²) in [5.74, 6) is -0.185. The Morgan fingerprint density at radius 3 is 2.26 bits per heavy atom. The molecule has 0 unspecified atom stereocenters. The third kappa shape index (κ3) is 7.30. The lowest BCUT2D eigenvalue weighted by Crippen LogP contribution is -2.51. The van der Waals surface area contributed by atoms with Gasteiger partial charge in [-0.2, -0.15) is 0 Å². The second-order valence-electron chi connectivity index (χ2n) is 8.59. The van der Waals surface area contributed by atoms with Gasteiger partial charge in [0.25, 0.3) is 10.0 Å². The summed E-state index contributed by atoms with van der Waals surface area (Å²) in [6.07, 6.45) is 0. The second-order valence-corrected chi connectivity index (χ2v) is 11.4. The molecule has 0 bridgehead atoms. The summed E-state index contributed by atoms with van der Waals surface area (Å²) >= 11 is 3.44. The Kier molecular flexibility index (Phi) is 10.4. The minimum atomic E-state index is -4.18. The number of ether oxygens (including phenoxy) is 2. The lowest BCUT2D eigenvalue weighted by Gasteiger charge is -2.32. The molecule has 208 valence electrons. The first-order valence-electron chi connectivity index (χ1n) is 12.2. The van der Waals surface area contributed by atoms with Gasteiger partial charge in [0.1, 0.15) is 12.6 Å². The number of methoxy groups -OCH3 is 2. The number of carbonyl (C=O) groups is 2. The van der Waals surface area contributed by atoms with Crippen molar-refractivity contribution in [2.75, 3.05) is 31.6 Å². The topological polar surface area (TPSA) is 105 Å². The largest absolute Gasteiger partial charge is 0.493 e. The molecule has 11 heteroatoms. The van der Waals surface area contributed by atoms with Gasteiger partial charge in [0.05, 0.1) is 24.8 Å². The fourth-order valence-corrected chi connectivity index (χ4v) is 5.84. The Bertz CT molecular complexity index is 1400. The van der Waals surface area contributed by atoms with Crippen molar-refractivity contribution in [2.24, 2.45) is 0 Å². The van der Waals surface area contributed by atoms with Gasteiger partial charge in [0, 0.05) is 23.6 Å². The van der Waals surface area contributed by atoms with Crippen molar-refractivity contribution < 1.29 is 27.5 Å². The third-order valence-electron chi connectivity index (χ3n) is 6.03. The predicted molar refractivity (Wildman–Crippen MR) is 153 cm³/mol. The summed E-state index contributed by atoms with van der Waals surface area (Å²) in [6, 6.07) is 19.0. The third-order valence-corrected chi connectivity index (χ3v) is 8.31. The minimum Gasteiger partial charge on any atom is -0.493 e. The fourth-order valence-electron chi connectivity index (χ4n) is 3.97. The number of nitrogens with one attached hydrogen (secondary N) is 1. The number of nitrogens with zero attached hydrogens (tertiary/aromatic N) is 2. The maximum Gasteiger partial charge on any atom is 0.264 e. The normalized spacial score (nSPS) is 11.8. The highest BCUT2D eigenvalue weighted by molar-refractivity contribution is 9.10. The zero-order valence-electron chi connectivity index (χ0n) is 22.3. The molecule has 1 N–H and O–H groups in total. The minimum absolute atomic E-state index is 0.0166. The number of sulfonamides is 1. The molecule has 2 amide bonds. The highest BCUT2D eigenvalue weighted by atomic mass is 79.9. The van der Waals surface area contributed by atoms with Gasteiger partial charge < -0.3 is 19.7 Å². The molecule has 9 nitrogen and oxygen atoms in total. The average Bonchev–Trinajstić information content (AvgIpc) is 2.94. The number of benzene rings is 3. The van der Waals surface area contributed by atoms with Crippen molar-refractivity contribution in [2.45, 2.75) is 31.3 Å². The summed E-state index contributed by atoms with van der Waals surface area (Å²) < 4.78 is 40.2. The Labute approximate surface area is 237 Å². The van der Waals surface area contributed by atoms with Crippen molar-refractivity contribution in [1.82, 2.24) is 10.2 Å². The van der Waals surface area contributed by atoms with E-state index in [0.29, 0.717) is 18.0 Å². The van der Waals surface area contributed by atoms with Crippen LogP contribution >= 0.6 is 15.9 Å². The molecule has 0 radical (unpaired) electrons. The quantitative estimate of drug-likeness (QED) is 0.326. The zero-order valence-corrected chi connectivity index (χ0v) is 24.7. The summed E-state index contributed by atoms with van der Waals surface area (Å²) in [7, 11) is -1.27. The van der Waals surface area contributed by atoms with Crippen LogP contribution in [0.2, 0.25) is 0 Å². The summed E-state index contributed by atoms with van der Waals surface area (Å²) in [4.78, 5) is 28.1. The molecule has 1 atom stereocenters. The number of hydrogen-bond acceptors (Lipinski definition) is 6. The van der Waals surface area contributed by atoms with Crippen LogP contribution in [0.1, 0.15) is 19.4 Å². The van der Waals surface area contributed by atoms with Gasteiger partial charge in [-0.05, 0) is 55.8 Å². The SMILES string of the molecule is CCNC(=O)[C@@H](C)N(Cc1cccc(Br)c1)C(=O)CN(c1ccc(OC)c(OC)c1)S(=O)(=O)c1ccccc1. The number of amides is 2. The molecule has 3 aromatic rings. The van der Waals surface area contributed by atoms with E-state index in [2.05, 4.69) is 21.2 Å². The van der Waals surface area contributed by atoms with Gasteiger partial charge in [0.15, 0.2) is 11.5 Å². The number of halogens is 1. The average molecular weight is 619 g/mol. The molecular weight excluding hydrogens is 586 g/mol. The molecule has 0 spiro atoms. The van der Waals surface area contributed by atoms with Gasteiger partial charge >= 0.3 is 0 Å². The number of hydrogen-bond donors (Lipinski definition) is 1. The van der Waals surface area contributed by atoms with E-state index in [9.17, 15) is 18.0 Å². The van der Waals surface area contributed by atoms with Gasteiger partial charge in [-0.1, -0.05) is 46.3 Å². The van der Waals surface area contributed by atoms with E-state index in [-0.39, 0.29) is 23.0 Å². The van der Waals surface area contributed by atoms with Crippen molar-refractivity contribution in [3.63, 3.8) is 0 Å². The second kappa shape index (κ2) is 13.5. The van der Waals surface area contributed by atoms with Gasteiger partial charge in [0.2, 0.25) is 11.8 Å². The lowest BCUT2D eigenvalue weighted by atomic mass is 10.1. The molecule has 0 fully saturated rings. The van der Waals surface area contributed by atoms with Crippen molar-refractivity contribution in [1.29, 1.82) is 0 Å². The molecule has 0 heterocycles. The Balaban J connectivity index is 2.08. The highest BCUT2D eigenvalue weighted by Gasteiger charge is 2.32. The van der Waals surface area contributed by atoms with Crippen LogP contribution in [0, 0.1) is 0 Å². The maximum atomic E-state index is 13.9. The van der Waals surface area contributed by atoms with Crippen LogP contribution in [0.15, 0.2) is 82.2 Å². The molecule has 0 aromatic heterocycles. The van der Waals surface area contributed by atoms with E-state index < -0.39 is 28.5 Å². The van der Waals surface area contributed by atoms with Gasteiger partial charge in [-0.3, -0.25) is 13.9 Å². The van der Waals surface area contributed by atoms with Crippen LogP contribution in [0.25, 0.3) is 0 Å². The van der Waals surface area contributed by atoms with E-state index in [1.165, 1.54) is 37.3 Å². The Hall–Kier alpha value is -3.57. The number of carbonyl (C=O) groups excluding carboxylic acids is 2. The molecule has 0 saturated heterocycles. The number of likely N-dealkylation sites (N-methyl/N-ethyl adjacent to an activating group) is 1. The van der Waals surface area contributed by atoms with Crippen molar-refractivity contribution >= 4 is 43.5 Å². The molecule has 3 rings (SSSR count). The molecule has 39 heavy (non-hydrogen) atoms. The number of anilines is 1. The first kappa shape index (κ1) is 30.0. The predicted octanol–water partition coefficient (Wildman–Crippen LogP) is 4.22. The molecule has 0 aliphatic rings. The molecule has 3 aromatic carbocycles. The van der Waals surface area contributed by atoms with Crippen molar-refractivity contribution in [3.8, 4) is 11.5 Å². The van der Waals surface area contributed by atoms with Crippen molar-refractivity contribution in [3.05, 3.63) is 82.8 Å². The van der Waals surface area contributed by atoms with Crippen LogP contribution in [0.4, 0.5) is 5.69 Å². The van der Waals surface area contributed by atoms with Crippen LogP contribution < -0.4 is 19.1 Å². The van der Waals surface area contributed by atoms with E-state index in [1.807, 2.05) is 24.3 Å². The molecule has 0 aliphatic carbocycles. The standard InChI is InChI=1S/C28H32BrN3O6S/c1-5-30-28(34)20(2)31(18-21-10-9-11-22(29)16-21)27(33)19-32(39(35,36)24-12-7-6-8-13-24)23-14-15-25(37-3)26(17-23)38-4/h6-17,20H,5,18-19H2,1-4H3,(H,30,34)/t20-/m1/s1. The summed E-state index contributed by atoms with van der Waals surface area (Å²) in [6.45, 7) is 3.35. The number of rotatable bonds is 12. The van der Waals surface area contributed by atoms with Crippen LogP contribution in [0.5, 0.6) is 11.5 Å². The monoisotopic (exact) mass is 617 g/mol. The zero-order chi connectivity index (χ0) is 28.6. The van der Waals surface area contributed by atoms with Crippen LogP contribution in [-0.2, 0) is 26.2 Å². The summed E-state index contributed by atoms with van der Waals surface area (Å²) in [5.41, 5.74) is 0.982. The fraction of sp³-hybridized carbons (Fsp3) is 0.286. The highest BCUT2D eigenvalue weighted by Crippen LogP contribution is 2.34. The molecule has 0 aliphatic heterocycles. The maximum absolute atomic E-state index is 13.9. The first-order chi connectivity index (χ1) is 18.6. The Morgan fingerprint density at radius 1 is 0.949 bits per heavy atom.